The summed E-state index contributed by atoms with van der Waals surface area (Å²) in [6, 6.07) is 0.697. The second-order valence-electron chi connectivity index (χ2n) is 4.11. The number of halogens is 1. The number of nitrogens with one attached hydrogen (secondary N) is 1. The van der Waals surface area contributed by atoms with E-state index in [1.807, 2.05) is 11.8 Å². The highest BCUT2D eigenvalue weighted by Crippen LogP contribution is 2.25. The van der Waals surface area contributed by atoms with Gasteiger partial charge in [-0.2, -0.15) is 11.8 Å². The van der Waals surface area contributed by atoms with Crippen molar-refractivity contribution in [1.82, 2.24) is 5.32 Å². The normalized spacial score (nSPS) is 27.9. The van der Waals surface area contributed by atoms with Gasteiger partial charge in [0.05, 0.1) is 0 Å². The van der Waals surface area contributed by atoms with Crippen LogP contribution >= 0.6 is 23.4 Å². The lowest BCUT2D eigenvalue weighted by Gasteiger charge is -2.31. The van der Waals surface area contributed by atoms with Crippen molar-refractivity contribution in [2.45, 2.75) is 38.1 Å². The van der Waals surface area contributed by atoms with E-state index in [4.69, 9.17) is 11.6 Å². The Morgan fingerprint density at radius 2 is 2.14 bits per heavy atom. The van der Waals surface area contributed by atoms with Gasteiger partial charge in [0.2, 0.25) is 0 Å². The third-order valence-corrected chi connectivity index (χ3v) is 4.13. The Hall–Kier alpha value is 0.600. The van der Waals surface area contributed by atoms with Crippen molar-refractivity contribution in [1.29, 1.82) is 0 Å². The molecule has 1 nitrogen and oxygen atoms in total. The van der Waals surface area contributed by atoms with Gasteiger partial charge in [-0.1, -0.05) is 12.8 Å². The number of thioether (sulfide) groups is 1. The van der Waals surface area contributed by atoms with Crippen molar-refractivity contribution in [3.8, 4) is 0 Å². The van der Waals surface area contributed by atoms with Crippen molar-refractivity contribution in [2.24, 2.45) is 5.92 Å². The first-order valence-corrected chi connectivity index (χ1v) is 7.59. The zero-order valence-corrected chi connectivity index (χ0v) is 10.7. The van der Waals surface area contributed by atoms with Gasteiger partial charge in [0, 0.05) is 11.9 Å². The summed E-state index contributed by atoms with van der Waals surface area (Å²) in [6.45, 7) is 1.17. The van der Waals surface area contributed by atoms with Crippen LogP contribution in [0.25, 0.3) is 0 Å². The van der Waals surface area contributed by atoms with Crippen LogP contribution in [0, 0.1) is 5.92 Å². The molecule has 3 heteroatoms. The van der Waals surface area contributed by atoms with Crippen molar-refractivity contribution < 1.29 is 0 Å². The van der Waals surface area contributed by atoms with Crippen molar-refractivity contribution in [3.63, 3.8) is 0 Å². The lowest BCUT2D eigenvalue weighted by Crippen LogP contribution is -2.39. The third-order valence-electron chi connectivity index (χ3n) is 3.04. The van der Waals surface area contributed by atoms with Crippen molar-refractivity contribution >= 4 is 23.4 Å². The smallest absolute Gasteiger partial charge is 0.0266 e. The molecule has 84 valence electrons. The molecule has 0 radical (unpaired) electrons. The number of hydrogen-bond acceptors (Lipinski definition) is 2. The highest BCUT2D eigenvalue weighted by molar-refractivity contribution is 7.98. The molecule has 0 spiro atoms. The highest BCUT2D eigenvalue weighted by Gasteiger charge is 2.23. The van der Waals surface area contributed by atoms with Gasteiger partial charge in [0.15, 0.2) is 0 Å². The zero-order valence-electron chi connectivity index (χ0n) is 9.10. The summed E-state index contributed by atoms with van der Waals surface area (Å²) < 4.78 is 0. The summed E-state index contributed by atoms with van der Waals surface area (Å²) in [5.41, 5.74) is 0. The molecule has 0 amide bonds. The fourth-order valence-electron chi connectivity index (χ4n) is 2.17. The number of alkyl halides is 1. The van der Waals surface area contributed by atoms with Crippen LogP contribution in [0.15, 0.2) is 0 Å². The molecule has 0 aliphatic heterocycles. The largest absolute Gasteiger partial charge is 0.314 e. The molecule has 1 saturated carbocycles. The minimum absolute atomic E-state index is 0.697. The monoisotopic (exact) mass is 235 g/mol. The molecule has 0 bridgehead atoms. The van der Waals surface area contributed by atoms with Gasteiger partial charge in [-0.15, -0.1) is 11.6 Å². The molecular formula is C11H22ClNS. The molecule has 0 heterocycles. The first-order valence-electron chi connectivity index (χ1n) is 5.66. The van der Waals surface area contributed by atoms with Crippen LogP contribution in [0.1, 0.15) is 32.1 Å². The van der Waals surface area contributed by atoms with Gasteiger partial charge in [0.1, 0.15) is 0 Å². The summed E-state index contributed by atoms with van der Waals surface area (Å²) in [5.74, 6) is 2.82. The Morgan fingerprint density at radius 3 is 2.86 bits per heavy atom. The van der Waals surface area contributed by atoms with E-state index in [1.54, 1.807) is 0 Å². The molecule has 0 saturated heterocycles. The van der Waals surface area contributed by atoms with Crippen LogP contribution in [-0.4, -0.2) is 30.5 Å². The van der Waals surface area contributed by atoms with Crippen LogP contribution in [-0.2, 0) is 0 Å². The Morgan fingerprint density at radius 1 is 1.36 bits per heavy atom. The van der Waals surface area contributed by atoms with Crippen LogP contribution in [0.3, 0.4) is 0 Å². The van der Waals surface area contributed by atoms with Crippen LogP contribution in [0.5, 0.6) is 0 Å². The van der Waals surface area contributed by atoms with E-state index < -0.39 is 0 Å². The molecule has 1 N–H and O–H groups in total. The standard InChI is InChI=1S/C11H22ClNS/c1-14-8-4-7-13-11-6-3-2-5-10(11)9-12/h10-11,13H,2-9H2,1H3. The molecule has 0 aromatic rings. The number of hydrogen-bond donors (Lipinski definition) is 1. The predicted molar refractivity (Wildman–Crippen MR) is 67.5 cm³/mol. The topological polar surface area (TPSA) is 12.0 Å². The maximum atomic E-state index is 5.97. The molecular weight excluding hydrogens is 214 g/mol. The molecule has 0 aromatic heterocycles. The molecule has 0 aromatic carbocycles. The molecule has 2 unspecified atom stereocenters. The van der Waals surface area contributed by atoms with E-state index in [2.05, 4.69) is 11.6 Å². The molecule has 1 fully saturated rings. The van der Waals surface area contributed by atoms with E-state index in [-0.39, 0.29) is 0 Å². The first kappa shape index (κ1) is 12.7. The second-order valence-corrected chi connectivity index (χ2v) is 5.40. The zero-order chi connectivity index (χ0) is 10.2. The Bertz CT molecular complexity index is 143. The predicted octanol–water partition coefficient (Wildman–Crippen LogP) is 3.13. The molecule has 1 aliphatic carbocycles. The van der Waals surface area contributed by atoms with Crippen molar-refractivity contribution in [2.75, 3.05) is 24.4 Å². The average molecular weight is 236 g/mol. The van der Waals surface area contributed by atoms with E-state index in [9.17, 15) is 0 Å². The fraction of sp³-hybridized carbons (Fsp3) is 1.00. The van der Waals surface area contributed by atoms with Crippen LogP contribution in [0.2, 0.25) is 0 Å². The van der Waals surface area contributed by atoms with Gasteiger partial charge in [0.25, 0.3) is 0 Å². The highest BCUT2D eigenvalue weighted by atomic mass is 35.5. The minimum Gasteiger partial charge on any atom is -0.314 e. The van der Waals surface area contributed by atoms with Gasteiger partial charge in [-0.3, -0.25) is 0 Å². The average Bonchev–Trinajstić information content (AvgIpc) is 2.25. The van der Waals surface area contributed by atoms with E-state index in [1.165, 1.54) is 44.4 Å². The summed E-state index contributed by atoms with van der Waals surface area (Å²) in [5, 5.41) is 3.66. The lowest BCUT2D eigenvalue weighted by molar-refractivity contribution is 0.285. The van der Waals surface area contributed by atoms with E-state index in [0.717, 1.165) is 11.8 Å². The van der Waals surface area contributed by atoms with Gasteiger partial charge in [-0.05, 0) is 43.7 Å². The molecule has 1 aliphatic rings. The Labute approximate surface area is 97.4 Å². The Balaban J connectivity index is 2.13. The molecule has 2 atom stereocenters. The molecule has 1 rings (SSSR count). The minimum atomic E-state index is 0.697. The maximum Gasteiger partial charge on any atom is 0.0266 e. The molecule has 14 heavy (non-hydrogen) atoms. The third kappa shape index (κ3) is 4.41. The Kier molecular flexibility index (Phi) is 7.09. The van der Waals surface area contributed by atoms with Crippen LogP contribution in [0.4, 0.5) is 0 Å². The summed E-state index contributed by atoms with van der Waals surface area (Å²) in [6.07, 6.45) is 8.86. The number of rotatable bonds is 6. The van der Waals surface area contributed by atoms with Gasteiger partial charge < -0.3 is 5.32 Å². The quantitative estimate of drug-likeness (QED) is 0.561. The first-order chi connectivity index (χ1) is 6.88. The maximum absolute atomic E-state index is 5.97. The SMILES string of the molecule is CSCCCNC1CCCCC1CCl. The van der Waals surface area contributed by atoms with Gasteiger partial charge >= 0.3 is 0 Å². The lowest BCUT2D eigenvalue weighted by atomic mass is 9.86. The van der Waals surface area contributed by atoms with Crippen LogP contribution < -0.4 is 5.32 Å². The van der Waals surface area contributed by atoms with E-state index in [0.29, 0.717) is 6.04 Å². The summed E-state index contributed by atoms with van der Waals surface area (Å²) in [7, 11) is 0. The fourth-order valence-corrected chi connectivity index (χ4v) is 2.97. The van der Waals surface area contributed by atoms with E-state index >= 15 is 0 Å². The van der Waals surface area contributed by atoms with Gasteiger partial charge in [-0.25, -0.2) is 0 Å². The second kappa shape index (κ2) is 7.84. The summed E-state index contributed by atoms with van der Waals surface area (Å²) >= 11 is 7.90. The van der Waals surface area contributed by atoms with Crippen molar-refractivity contribution in [3.05, 3.63) is 0 Å². The summed E-state index contributed by atoms with van der Waals surface area (Å²) in [4.78, 5) is 0.